The third-order valence-corrected chi connectivity index (χ3v) is 4.04. The lowest BCUT2D eigenvalue weighted by atomic mass is 9.77. The molecule has 1 aliphatic carbocycles. The Morgan fingerprint density at radius 3 is 2.74 bits per heavy atom. The molecule has 1 aromatic rings. The van der Waals surface area contributed by atoms with E-state index in [2.05, 4.69) is 29.4 Å². The third-order valence-electron chi connectivity index (χ3n) is 4.04. The topological polar surface area (TPSA) is 34.1 Å². The van der Waals surface area contributed by atoms with Gasteiger partial charge in [-0.15, -0.1) is 0 Å². The second kappa shape index (κ2) is 7.61. The molecule has 1 fully saturated rings. The van der Waals surface area contributed by atoms with Gasteiger partial charge < -0.3 is 10.1 Å². The monoisotopic (exact) mass is 262 g/mol. The fourth-order valence-corrected chi connectivity index (χ4v) is 2.65. The van der Waals surface area contributed by atoms with Crippen molar-refractivity contribution in [1.29, 1.82) is 0 Å². The molecule has 3 heteroatoms. The van der Waals surface area contributed by atoms with Crippen LogP contribution in [-0.2, 0) is 11.2 Å². The first-order chi connectivity index (χ1) is 9.35. The average molecular weight is 262 g/mol. The molecule has 1 N–H and O–H groups in total. The van der Waals surface area contributed by atoms with E-state index in [1.807, 2.05) is 12.4 Å². The first-order valence-electron chi connectivity index (χ1n) is 7.58. The zero-order valence-corrected chi connectivity index (χ0v) is 12.0. The quantitative estimate of drug-likeness (QED) is 0.695. The molecule has 19 heavy (non-hydrogen) atoms. The Bertz CT molecular complexity index is 349. The molecule has 1 saturated carbocycles. The Hall–Kier alpha value is -0.930. The maximum atomic E-state index is 6.18. The smallest absolute Gasteiger partial charge is 0.0694 e. The van der Waals surface area contributed by atoms with Gasteiger partial charge in [-0.2, -0.15) is 0 Å². The van der Waals surface area contributed by atoms with E-state index >= 15 is 0 Å². The van der Waals surface area contributed by atoms with Crippen LogP contribution in [0.3, 0.4) is 0 Å². The first-order valence-corrected chi connectivity index (χ1v) is 7.58. The minimum atomic E-state index is 0.195. The van der Waals surface area contributed by atoms with E-state index in [1.165, 1.54) is 24.8 Å². The Morgan fingerprint density at radius 2 is 2.11 bits per heavy atom. The first kappa shape index (κ1) is 14.5. The maximum Gasteiger partial charge on any atom is 0.0694 e. The van der Waals surface area contributed by atoms with Crippen molar-refractivity contribution in [3.63, 3.8) is 0 Å². The van der Waals surface area contributed by atoms with Crippen LogP contribution in [0.5, 0.6) is 0 Å². The Labute approximate surface area is 116 Å². The largest absolute Gasteiger partial charge is 0.375 e. The fraction of sp³-hybridized carbons (Fsp3) is 0.688. The van der Waals surface area contributed by atoms with Crippen molar-refractivity contribution in [2.45, 2.75) is 51.0 Å². The molecule has 1 aromatic heterocycles. The van der Waals surface area contributed by atoms with Crippen LogP contribution in [0.1, 0.15) is 44.6 Å². The molecule has 2 rings (SSSR count). The summed E-state index contributed by atoms with van der Waals surface area (Å²) >= 11 is 0. The van der Waals surface area contributed by atoms with Crippen LogP contribution in [0.2, 0.25) is 0 Å². The van der Waals surface area contributed by atoms with Crippen molar-refractivity contribution in [3.8, 4) is 0 Å². The second-order valence-corrected chi connectivity index (χ2v) is 5.45. The molecule has 0 amide bonds. The number of aromatic nitrogens is 1. The van der Waals surface area contributed by atoms with Gasteiger partial charge in [0.2, 0.25) is 0 Å². The molecule has 0 saturated heterocycles. The van der Waals surface area contributed by atoms with Crippen molar-refractivity contribution in [2.24, 2.45) is 0 Å². The van der Waals surface area contributed by atoms with Crippen molar-refractivity contribution in [2.75, 3.05) is 19.7 Å². The summed E-state index contributed by atoms with van der Waals surface area (Å²) in [7, 11) is 0. The van der Waals surface area contributed by atoms with E-state index in [4.69, 9.17) is 4.74 Å². The summed E-state index contributed by atoms with van der Waals surface area (Å²) < 4.78 is 6.18. The lowest BCUT2D eigenvalue weighted by Crippen LogP contribution is -2.42. The summed E-state index contributed by atoms with van der Waals surface area (Å²) in [6.07, 6.45) is 10.9. The summed E-state index contributed by atoms with van der Waals surface area (Å²) in [4.78, 5) is 4.04. The summed E-state index contributed by atoms with van der Waals surface area (Å²) in [5.74, 6) is 0. The highest BCUT2D eigenvalue weighted by molar-refractivity contribution is 5.09. The van der Waals surface area contributed by atoms with Crippen LogP contribution in [-0.4, -0.2) is 30.3 Å². The Kier molecular flexibility index (Phi) is 5.80. The lowest BCUT2D eigenvalue weighted by molar-refractivity contribution is -0.105. The molecule has 1 heterocycles. The minimum Gasteiger partial charge on any atom is -0.375 e. The zero-order valence-electron chi connectivity index (χ0n) is 12.0. The molecule has 0 atom stereocenters. The van der Waals surface area contributed by atoms with Gasteiger partial charge in [-0.25, -0.2) is 0 Å². The Balaban J connectivity index is 1.63. The highest BCUT2D eigenvalue weighted by Crippen LogP contribution is 2.38. The van der Waals surface area contributed by atoms with E-state index in [1.54, 1.807) is 0 Å². The van der Waals surface area contributed by atoms with Crippen molar-refractivity contribution in [3.05, 3.63) is 30.1 Å². The molecule has 0 aliphatic heterocycles. The number of ether oxygens (including phenoxy) is 1. The second-order valence-electron chi connectivity index (χ2n) is 5.45. The third kappa shape index (κ3) is 4.59. The normalized spacial score (nSPS) is 17.1. The summed E-state index contributed by atoms with van der Waals surface area (Å²) in [5.41, 5.74) is 1.55. The van der Waals surface area contributed by atoms with E-state index < -0.39 is 0 Å². The SMILES string of the molecule is CCNCCC1(OCCCc2ccncc2)CCC1. The van der Waals surface area contributed by atoms with Crippen LogP contribution in [0.4, 0.5) is 0 Å². The number of aryl methyl sites for hydroxylation is 1. The highest BCUT2D eigenvalue weighted by atomic mass is 16.5. The molecule has 1 aliphatic rings. The Morgan fingerprint density at radius 1 is 1.32 bits per heavy atom. The molecule has 0 bridgehead atoms. The number of nitrogens with one attached hydrogen (secondary N) is 1. The van der Waals surface area contributed by atoms with Gasteiger partial charge in [0.15, 0.2) is 0 Å². The molecular formula is C16H26N2O. The van der Waals surface area contributed by atoms with Crippen molar-refractivity contribution >= 4 is 0 Å². The van der Waals surface area contributed by atoms with Gasteiger partial charge in [-0.05, 0) is 69.3 Å². The lowest BCUT2D eigenvalue weighted by Gasteiger charge is -2.42. The van der Waals surface area contributed by atoms with E-state index in [0.717, 1.165) is 39.0 Å². The molecule has 0 unspecified atom stereocenters. The van der Waals surface area contributed by atoms with E-state index in [-0.39, 0.29) is 5.60 Å². The van der Waals surface area contributed by atoms with Gasteiger partial charge in [0, 0.05) is 19.0 Å². The van der Waals surface area contributed by atoms with Gasteiger partial charge in [-0.1, -0.05) is 6.92 Å². The van der Waals surface area contributed by atoms with Crippen molar-refractivity contribution in [1.82, 2.24) is 10.3 Å². The summed E-state index contributed by atoms with van der Waals surface area (Å²) in [6, 6.07) is 4.18. The number of nitrogens with zero attached hydrogens (tertiary/aromatic N) is 1. The van der Waals surface area contributed by atoms with Crippen LogP contribution in [0.15, 0.2) is 24.5 Å². The maximum absolute atomic E-state index is 6.18. The van der Waals surface area contributed by atoms with Gasteiger partial charge in [0.1, 0.15) is 0 Å². The molecule has 0 radical (unpaired) electrons. The van der Waals surface area contributed by atoms with Crippen LogP contribution in [0.25, 0.3) is 0 Å². The molecule has 0 spiro atoms. The number of hydrogen-bond acceptors (Lipinski definition) is 3. The minimum absolute atomic E-state index is 0.195. The predicted molar refractivity (Wildman–Crippen MR) is 78.3 cm³/mol. The van der Waals surface area contributed by atoms with Crippen molar-refractivity contribution < 1.29 is 4.74 Å². The molecule has 3 nitrogen and oxygen atoms in total. The highest BCUT2D eigenvalue weighted by Gasteiger charge is 2.37. The standard InChI is InChI=1S/C16H26N2O/c1-2-17-13-10-16(8-4-9-16)19-14-3-5-15-6-11-18-12-7-15/h6-7,11-12,17H,2-5,8-10,13-14H2,1H3. The van der Waals surface area contributed by atoms with Crippen LogP contribution in [0, 0.1) is 0 Å². The van der Waals surface area contributed by atoms with Gasteiger partial charge in [-0.3, -0.25) is 4.98 Å². The predicted octanol–water partition coefficient (Wildman–Crippen LogP) is 2.95. The average Bonchev–Trinajstić information content (AvgIpc) is 2.41. The number of hydrogen-bond donors (Lipinski definition) is 1. The van der Waals surface area contributed by atoms with Crippen LogP contribution < -0.4 is 5.32 Å². The van der Waals surface area contributed by atoms with E-state index in [0.29, 0.717) is 0 Å². The summed E-state index contributed by atoms with van der Waals surface area (Å²) in [6.45, 7) is 5.18. The fourth-order valence-electron chi connectivity index (χ4n) is 2.65. The van der Waals surface area contributed by atoms with E-state index in [9.17, 15) is 0 Å². The molecule has 106 valence electrons. The number of pyridine rings is 1. The van der Waals surface area contributed by atoms with Crippen LogP contribution >= 0.6 is 0 Å². The van der Waals surface area contributed by atoms with Gasteiger partial charge in [0.05, 0.1) is 5.60 Å². The number of rotatable bonds is 9. The zero-order chi connectivity index (χ0) is 13.4. The van der Waals surface area contributed by atoms with Gasteiger partial charge in [0.25, 0.3) is 0 Å². The molecule has 0 aromatic carbocycles. The summed E-state index contributed by atoms with van der Waals surface area (Å²) in [5, 5.41) is 3.40. The van der Waals surface area contributed by atoms with Gasteiger partial charge >= 0.3 is 0 Å². The molecular weight excluding hydrogens is 236 g/mol.